The number of anilines is 2. The zero-order valence-electron chi connectivity index (χ0n) is 15.4. The van der Waals surface area contributed by atoms with Crippen molar-refractivity contribution in [3.63, 3.8) is 0 Å². The molecule has 0 aliphatic rings. The summed E-state index contributed by atoms with van der Waals surface area (Å²) in [6.45, 7) is 7.92. The van der Waals surface area contributed by atoms with Gasteiger partial charge in [-0.15, -0.1) is 0 Å². The van der Waals surface area contributed by atoms with Crippen LogP contribution in [0.5, 0.6) is 5.75 Å². The van der Waals surface area contributed by atoms with Gasteiger partial charge in [-0.1, -0.05) is 19.9 Å². The van der Waals surface area contributed by atoms with Gasteiger partial charge in [0.05, 0.1) is 12.8 Å². The number of rotatable bonds is 8. The Hall–Kier alpha value is -2.63. The van der Waals surface area contributed by atoms with E-state index in [2.05, 4.69) is 34.0 Å². The molecule has 6 nitrogen and oxygen atoms in total. The fourth-order valence-electron chi connectivity index (χ4n) is 2.58. The Bertz CT molecular complexity index is 712. The number of carbonyl (C=O) groups is 1. The number of aryl methyl sites for hydroxylation is 1. The van der Waals surface area contributed by atoms with Gasteiger partial charge < -0.3 is 15.0 Å². The fraction of sp³-hybridized carbons (Fsp3) is 0.421. The molecule has 0 aliphatic heterocycles. The molecule has 0 unspecified atom stereocenters. The van der Waals surface area contributed by atoms with E-state index in [1.165, 1.54) is 0 Å². The standard InChI is InChI=1S/C19H26N4O2/c1-5-11-23(12-6-2)19-20-10-9-15(22-19)18(24)21-16-13-14(3)7-8-17(16)25-4/h7-10,13H,5-6,11-12H2,1-4H3,(H,21,24). The first-order valence-corrected chi connectivity index (χ1v) is 8.63. The van der Waals surface area contributed by atoms with Crippen molar-refractivity contribution < 1.29 is 9.53 Å². The van der Waals surface area contributed by atoms with Crippen molar-refractivity contribution in [1.29, 1.82) is 0 Å². The van der Waals surface area contributed by atoms with Crippen LogP contribution >= 0.6 is 0 Å². The maximum atomic E-state index is 12.6. The van der Waals surface area contributed by atoms with Gasteiger partial charge in [0.1, 0.15) is 11.4 Å². The van der Waals surface area contributed by atoms with Crippen molar-refractivity contribution in [2.75, 3.05) is 30.4 Å². The van der Waals surface area contributed by atoms with Crippen molar-refractivity contribution in [2.45, 2.75) is 33.6 Å². The molecule has 0 spiro atoms. The van der Waals surface area contributed by atoms with Gasteiger partial charge in [0.2, 0.25) is 5.95 Å². The molecule has 0 aliphatic carbocycles. The monoisotopic (exact) mass is 342 g/mol. The lowest BCUT2D eigenvalue weighted by molar-refractivity contribution is 0.102. The summed E-state index contributed by atoms with van der Waals surface area (Å²) in [7, 11) is 1.58. The number of nitrogens with one attached hydrogen (secondary N) is 1. The van der Waals surface area contributed by atoms with Crippen molar-refractivity contribution >= 4 is 17.5 Å². The lowest BCUT2D eigenvalue weighted by atomic mass is 10.2. The SMILES string of the molecule is CCCN(CCC)c1nccc(C(=O)Nc2cc(C)ccc2OC)n1. The Balaban J connectivity index is 2.22. The third-order valence-electron chi connectivity index (χ3n) is 3.75. The first-order chi connectivity index (χ1) is 12.1. The van der Waals surface area contributed by atoms with Gasteiger partial charge in [0.15, 0.2) is 0 Å². The number of methoxy groups -OCH3 is 1. The average molecular weight is 342 g/mol. The highest BCUT2D eigenvalue weighted by Crippen LogP contribution is 2.25. The summed E-state index contributed by atoms with van der Waals surface area (Å²) in [5, 5.41) is 2.88. The number of carbonyl (C=O) groups excluding carboxylic acids is 1. The molecule has 2 rings (SSSR count). The van der Waals surface area contributed by atoms with Gasteiger partial charge in [-0.3, -0.25) is 4.79 Å². The van der Waals surface area contributed by atoms with E-state index in [1.807, 2.05) is 25.1 Å². The summed E-state index contributed by atoms with van der Waals surface area (Å²) in [5.41, 5.74) is 2.01. The zero-order valence-corrected chi connectivity index (χ0v) is 15.4. The van der Waals surface area contributed by atoms with Crippen LogP contribution in [0.3, 0.4) is 0 Å². The molecule has 0 fully saturated rings. The molecule has 1 N–H and O–H groups in total. The van der Waals surface area contributed by atoms with E-state index in [1.54, 1.807) is 19.4 Å². The van der Waals surface area contributed by atoms with Crippen molar-refractivity contribution in [2.24, 2.45) is 0 Å². The van der Waals surface area contributed by atoms with Gasteiger partial charge >= 0.3 is 0 Å². The van der Waals surface area contributed by atoms with Crippen LogP contribution in [0.1, 0.15) is 42.7 Å². The normalized spacial score (nSPS) is 10.4. The van der Waals surface area contributed by atoms with E-state index in [0.29, 0.717) is 23.1 Å². The maximum absolute atomic E-state index is 12.6. The van der Waals surface area contributed by atoms with Crippen LogP contribution in [-0.4, -0.2) is 36.1 Å². The number of hydrogen-bond donors (Lipinski definition) is 1. The molecule has 0 radical (unpaired) electrons. The first-order valence-electron chi connectivity index (χ1n) is 8.63. The highest BCUT2D eigenvalue weighted by molar-refractivity contribution is 6.03. The number of amides is 1. The Morgan fingerprint density at radius 1 is 1.20 bits per heavy atom. The van der Waals surface area contributed by atoms with Crippen LogP contribution in [0.15, 0.2) is 30.5 Å². The molecule has 25 heavy (non-hydrogen) atoms. The van der Waals surface area contributed by atoms with Gasteiger partial charge in [0.25, 0.3) is 5.91 Å². The molecule has 1 aromatic carbocycles. The molecule has 2 aromatic rings. The zero-order chi connectivity index (χ0) is 18.2. The summed E-state index contributed by atoms with van der Waals surface area (Å²) in [5.74, 6) is 0.930. The van der Waals surface area contributed by atoms with E-state index in [4.69, 9.17) is 4.74 Å². The van der Waals surface area contributed by atoms with Crippen LogP contribution in [0.25, 0.3) is 0 Å². The Kier molecular flexibility index (Phi) is 6.74. The largest absolute Gasteiger partial charge is 0.495 e. The number of ether oxygens (including phenoxy) is 1. The number of hydrogen-bond acceptors (Lipinski definition) is 5. The molecule has 0 atom stereocenters. The van der Waals surface area contributed by atoms with Gasteiger partial charge in [-0.05, 0) is 43.5 Å². The molecule has 1 amide bonds. The molecular weight excluding hydrogens is 316 g/mol. The topological polar surface area (TPSA) is 67.4 Å². The van der Waals surface area contributed by atoms with Crippen molar-refractivity contribution in [3.8, 4) is 5.75 Å². The van der Waals surface area contributed by atoms with Crippen molar-refractivity contribution in [3.05, 3.63) is 41.7 Å². The number of nitrogens with zero attached hydrogens (tertiary/aromatic N) is 3. The minimum absolute atomic E-state index is 0.277. The number of aromatic nitrogens is 2. The second-order valence-corrected chi connectivity index (χ2v) is 5.89. The fourth-order valence-corrected chi connectivity index (χ4v) is 2.58. The summed E-state index contributed by atoms with van der Waals surface area (Å²) in [6, 6.07) is 7.27. The molecule has 1 aromatic heterocycles. The summed E-state index contributed by atoms with van der Waals surface area (Å²) in [4.78, 5) is 23.5. The van der Waals surface area contributed by atoms with E-state index in [9.17, 15) is 4.79 Å². The number of benzene rings is 1. The van der Waals surface area contributed by atoms with Crippen LogP contribution < -0.4 is 15.0 Å². The lowest BCUT2D eigenvalue weighted by Gasteiger charge is -2.21. The predicted molar refractivity (Wildman–Crippen MR) is 101 cm³/mol. The second kappa shape index (κ2) is 9.01. The van der Waals surface area contributed by atoms with Crippen LogP contribution in [0.2, 0.25) is 0 Å². The van der Waals surface area contributed by atoms with Crippen LogP contribution in [0, 0.1) is 6.92 Å². The lowest BCUT2D eigenvalue weighted by Crippen LogP contribution is -2.27. The summed E-state index contributed by atoms with van der Waals surface area (Å²) < 4.78 is 5.31. The Morgan fingerprint density at radius 3 is 2.56 bits per heavy atom. The molecular formula is C19H26N4O2. The van der Waals surface area contributed by atoms with Gasteiger partial charge in [0, 0.05) is 19.3 Å². The van der Waals surface area contributed by atoms with Crippen LogP contribution in [-0.2, 0) is 0 Å². The predicted octanol–water partition coefficient (Wildman–Crippen LogP) is 3.67. The highest BCUT2D eigenvalue weighted by atomic mass is 16.5. The third kappa shape index (κ3) is 4.92. The quantitative estimate of drug-likeness (QED) is 0.793. The molecule has 1 heterocycles. The minimum Gasteiger partial charge on any atom is -0.495 e. The summed E-state index contributed by atoms with van der Waals surface area (Å²) in [6.07, 6.45) is 3.63. The van der Waals surface area contributed by atoms with Crippen LogP contribution in [0.4, 0.5) is 11.6 Å². The van der Waals surface area contributed by atoms with Gasteiger partial charge in [-0.25, -0.2) is 9.97 Å². The minimum atomic E-state index is -0.277. The smallest absolute Gasteiger partial charge is 0.274 e. The Labute approximate surface area is 149 Å². The second-order valence-electron chi connectivity index (χ2n) is 5.89. The molecule has 0 bridgehead atoms. The molecule has 6 heteroatoms. The van der Waals surface area contributed by atoms with Crippen molar-refractivity contribution in [1.82, 2.24) is 9.97 Å². The highest BCUT2D eigenvalue weighted by Gasteiger charge is 2.14. The van der Waals surface area contributed by atoms with E-state index >= 15 is 0 Å². The molecule has 0 saturated carbocycles. The average Bonchev–Trinajstić information content (AvgIpc) is 2.62. The van der Waals surface area contributed by atoms with E-state index in [0.717, 1.165) is 31.5 Å². The molecule has 134 valence electrons. The summed E-state index contributed by atoms with van der Waals surface area (Å²) >= 11 is 0. The van der Waals surface area contributed by atoms with E-state index < -0.39 is 0 Å². The maximum Gasteiger partial charge on any atom is 0.274 e. The van der Waals surface area contributed by atoms with E-state index in [-0.39, 0.29) is 5.91 Å². The Morgan fingerprint density at radius 2 is 1.92 bits per heavy atom. The first kappa shape index (κ1) is 18.7. The molecule has 0 saturated heterocycles. The van der Waals surface area contributed by atoms with Gasteiger partial charge in [-0.2, -0.15) is 0 Å². The third-order valence-corrected chi connectivity index (χ3v) is 3.75.